The Hall–Kier alpha value is -0.520. The SMILES string of the molecule is C[C@@H](N)C(=O)NCc1cc(Br)c[nH]1.Cl. The summed E-state index contributed by atoms with van der Waals surface area (Å²) in [5, 5.41) is 2.70. The van der Waals surface area contributed by atoms with Gasteiger partial charge in [-0.1, -0.05) is 0 Å². The molecule has 1 heterocycles. The van der Waals surface area contributed by atoms with E-state index in [0.717, 1.165) is 10.2 Å². The minimum Gasteiger partial charge on any atom is -0.362 e. The highest BCUT2D eigenvalue weighted by Gasteiger charge is 2.06. The standard InChI is InChI=1S/C8H12BrN3O.ClH/c1-5(10)8(13)12-4-7-2-6(9)3-11-7;/h2-3,5,11H,4,10H2,1H3,(H,12,13);1H/t5-;/m1./s1. The third-order valence-electron chi connectivity index (χ3n) is 1.57. The van der Waals surface area contributed by atoms with Gasteiger partial charge in [0.05, 0.1) is 12.6 Å². The fourth-order valence-electron chi connectivity index (χ4n) is 0.857. The topological polar surface area (TPSA) is 70.9 Å². The molecule has 0 fully saturated rings. The minimum absolute atomic E-state index is 0. The molecule has 80 valence electrons. The normalized spacial score (nSPS) is 11.6. The number of aromatic amines is 1. The average Bonchev–Trinajstić information content (AvgIpc) is 2.47. The van der Waals surface area contributed by atoms with Gasteiger partial charge in [-0.25, -0.2) is 0 Å². The number of aromatic nitrogens is 1. The molecular weight excluding hydrogens is 269 g/mol. The van der Waals surface area contributed by atoms with Crippen LogP contribution in [0.1, 0.15) is 12.6 Å². The lowest BCUT2D eigenvalue weighted by molar-refractivity contribution is -0.122. The van der Waals surface area contributed by atoms with Gasteiger partial charge in [0, 0.05) is 16.4 Å². The predicted octanol–water partition coefficient (Wildman–Crippen LogP) is 1.16. The van der Waals surface area contributed by atoms with E-state index in [9.17, 15) is 4.79 Å². The number of hydrogen-bond acceptors (Lipinski definition) is 2. The molecule has 0 aromatic carbocycles. The van der Waals surface area contributed by atoms with Gasteiger partial charge in [-0.2, -0.15) is 0 Å². The molecule has 0 saturated carbocycles. The van der Waals surface area contributed by atoms with Gasteiger partial charge in [-0.3, -0.25) is 4.79 Å². The maximum Gasteiger partial charge on any atom is 0.236 e. The number of H-pyrrole nitrogens is 1. The van der Waals surface area contributed by atoms with Gasteiger partial charge in [0.15, 0.2) is 0 Å². The number of nitrogens with two attached hydrogens (primary N) is 1. The summed E-state index contributed by atoms with van der Waals surface area (Å²) in [6.07, 6.45) is 1.81. The van der Waals surface area contributed by atoms with Crippen molar-refractivity contribution in [3.63, 3.8) is 0 Å². The number of hydrogen-bond donors (Lipinski definition) is 3. The summed E-state index contributed by atoms with van der Waals surface area (Å²) in [5.41, 5.74) is 6.32. The van der Waals surface area contributed by atoms with Crippen LogP contribution in [-0.4, -0.2) is 16.9 Å². The molecule has 1 rings (SSSR count). The van der Waals surface area contributed by atoms with Crippen LogP contribution >= 0.6 is 28.3 Å². The molecule has 0 saturated heterocycles. The van der Waals surface area contributed by atoms with E-state index in [-0.39, 0.29) is 18.3 Å². The number of amides is 1. The summed E-state index contributed by atoms with van der Waals surface area (Å²) >= 11 is 3.30. The zero-order valence-electron chi connectivity index (χ0n) is 7.71. The first-order valence-electron chi connectivity index (χ1n) is 3.95. The van der Waals surface area contributed by atoms with Crippen molar-refractivity contribution in [1.29, 1.82) is 0 Å². The van der Waals surface area contributed by atoms with Crippen molar-refractivity contribution in [2.75, 3.05) is 0 Å². The summed E-state index contributed by atoms with van der Waals surface area (Å²) in [6.45, 7) is 2.13. The first kappa shape index (κ1) is 13.5. The Labute approximate surface area is 97.2 Å². The molecule has 1 atom stereocenters. The summed E-state index contributed by atoms with van der Waals surface area (Å²) in [7, 11) is 0. The van der Waals surface area contributed by atoms with Gasteiger partial charge in [0.2, 0.25) is 5.91 Å². The van der Waals surface area contributed by atoms with Gasteiger partial charge in [0.25, 0.3) is 0 Å². The van der Waals surface area contributed by atoms with Crippen LogP contribution in [0.5, 0.6) is 0 Å². The molecule has 4 N–H and O–H groups in total. The highest BCUT2D eigenvalue weighted by molar-refractivity contribution is 9.10. The Morgan fingerprint density at radius 2 is 2.43 bits per heavy atom. The number of nitrogens with one attached hydrogen (secondary N) is 2. The van der Waals surface area contributed by atoms with E-state index in [1.807, 2.05) is 12.3 Å². The Bertz CT molecular complexity index is 301. The highest BCUT2D eigenvalue weighted by Crippen LogP contribution is 2.09. The zero-order chi connectivity index (χ0) is 9.84. The second-order valence-corrected chi connectivity index (χ2v) is 3.77. The molecule has 1 amide bonds. The van der Waals surface area contributed by atoms with Gasteiger partial charge in [-0.15, -0.1) is 12.4 Å². The van der Waals surface area contributed by atoms with E-state index in [1.165, 1.54) is 0 Å². The maximum absolute atomic E-state index is 11.1. The van der Waals surface area contributed by atoms with E-state index < -0.39 is 6.04 Å². The lowest BCUT2D eigenvalue weighted by Crippen LogP contribution is -2.37. The third-order valence-corrected chi connectivity index (χ3v) is 2.03. The van der Waals surface area contributed by atoms with Crippen LogP contribution in [0.4, 0.5) is 0 Å². The van der Waals surface area contributed by atoms with Crippen LogP contribution in [0.15, 0.2) is 16.7 Å². The van der Waals surface area contributed by atoms with Crippen LogP contribution in [-0.2, 0) is 11.3 Å². The van der Waals surface area contributed by atoms with Crippen molar-refractivity contribution in [3.8, 4) is 0 Å². The second kappa shape index (κ2) is 6.06. The minimum atomic E-state index is -0.460. The number of carbonyl (C=O) groups excluding carboxylic acids is 1. The Morgan fingerprint density at radius 1 is 1.79 bits per heavy atom. The fourth-order valence-corrected chi connectivity index (χ4v) is 1.25. The smallest absolute Gasteiger partial charge is 0.236 e. The van der Waals surface area contributed by atoms with Gasteiger partial charge in [-0.05, 0) is 28.9 Å². The molecule has 0 unspecified atom stereocenters. The van der Waals surface area contributed by atoms with Crippen molar-refractivity contribution < 1.29 is 4.79 Å². The van der Waals surface area contributed by atoms with E-state index in [0.29, 0.717) is 6.54 Å². The summed E-state index contributed by atoms with van der Waals surface area (Å²) in [4.78, 5) is 14.1. The highest BCUT2D eigenvalue weighted by atomic mass is 79.9. The van der Waals surface area contributed by atoms with E-state index in [4.69, 9.17) is 5.73 Å². The molecule has 0 radical (unpaired) electrons. The van der Waals surface area contributed by atoms with Crippen molar-refractivity contribution in [3.05, 3.63) is 22.4 Å². The Kier molecular flexibility index (Phi) is 5.83. The number of carbonyl (C=O) groups is 1. The van der Waals surface area contributed by atoms with E-state index in [1.54, 1.807) is 6.92 Å². The largest absolute Gasteiger partial charge is 0.362 e. The zero-order valence-corrected chi connectivity index (χ0v) is 10.1. The quantitative estimate of drug-likeness (QED) is 0.778. The molecule has 0 aliphatic carbocycles. The molecule has 14 heavy (non-hydrogen) atoms. The van der Waals surface area contributed by atoms with Crippen molar-refractivity contribution in [1.82, 2.24) is 10.3 Å². The first-order valence-corrected chi connectivity index (χ1v) is 4.75. The molecule has 0 bridgehead atoms. The van der Waals surface area contributed by atoms with Gasteiger partial charge >= 0.3 is 0 Å². The summed E-state index contributed by atoms with van der Waals surface area (Å²) in [5.74, 6) is -0.147. The van der Waals surface area contributed by atoms with Crippen LogP contribution in [0.2, 0.25) is 0 Å². The Balaban J connectivity index is 0.00000169. The molecule has 0 aliphatic rings. The average molecular weight is 283 g/mol. The van der Waals surface area contributed by atoms with Crippen molar-refractivity contribution in [2.45, 2.75) is 19.5 Å². The van der Waals surface area contributed by atoms with Crippen molar-refractivity contribution >= 4 is 34.2 Å². The van der Waals surface area contributed by atoms with E-state index in [2.05, 4.69) is 26.2 Å². The Morgan fingerprint density at radius 3 is 2.86 bits per heavy atom. The van der Waals surface area contributed by atoms with Crippen LogP contribution < -0.4 is 11.1 Å². The molecule has 6 heteroatoms. The summed E-state index contributed by atoms with van der Waals surface area (Å²) in [6, 6.07) is 1.44. The molecule has 1 aromatic rings. The summed E-state index contributed by atoms with van der Waals surface area (Å²) < 4.78 is 0.970. The lowest BCUT2D eigenvalue weighted by Gasteiger charge is -2.05. The predicted molar refractivity (Wildman–Crippen MR) is 61.2 cm³/mol. The molecule has 1 aromatic heterocycles. The van der Waals surface area contributed by atoms with Crippen LogP contribution in [0.3, 0.4) is 0 Å². The molecule has 0 aliphatic heterocycles. The van der Waals surface area contributed by atoms with Gasteiger partial charge < -0.3 is 16.0 Å². The first-order chi connectivity index (χ1) is 6.09. The number of halogens is 2. The third kappa shape index (κ3) is 4.13. The lowest BCUT2D eigenvalue weighted by atomic mass is 10.3. The van der Waals surface area contributed by atoms with E-state index >= 15 is 0 Å². The maximum atomic E-state index is 11.1. The molecule has 0 spiro atoms. The van der Waals surface area contributed by atoms with Crippen molar-refractivity contribution in [2.24, 2.45) is 5.73 Å². The van der Waals surface area contributed by atoms with Gasteiger partial charge in [0.1, 0.15) is 0 Å². The number of rotatable bonds is 3. The second-order valence-electron chi connectivity index (χ2n) is 2.85. The molecular formula is C8H13BrClN3O. The van der Waals surface area contributed by atoms with Crippen LogP contribution in [0.25, 0.3) is 0 Å². The molecule has 4 nitrogen and oxygen atoms in total. The fraction of sp³-hybridized carbons (Fsp3) is 0.375. The van der Waals surface area contributed by atoms with Crippen LogP contribution in [0, 0.1) is 0 Å². The monoisotopic (exact) mass is 281 g/mol.